The Hall–Kier alpha value is -1.96. The summed E-state index contributed by atoms with van der Waals surface area (Å²) in [4.78, 5) is 48.6. The maximum atomic E-state index is 12.6. The van der Waals surface area contributed by atoms with Gasteiger partial charge in [-0.1, -0.05) is 0 Å². The molecule has 0 saturated heterocycles. The first-order valence-electron chi connectivity index (χ1n) is 12.4. The molecule has 3 saturated carbocycles. The number of hydrogen-bond donors (Lipinski definition) is 0. The van der Waals surface area contributed by atoms with Gasteiger partial charge in [-0.05, 0) is 84.0 Å². The van der Waals surface area contributed by atoms with Crippen LogP contribution in [-0.2, 0) is 38.1 Å². The van der Waals surface area contributed by atoms with Crippen LogP contribution in [0.2, 0.25) is 0 Å². The summed E-state index contributed by atoms with van der Waals surface area (Å²) in [5.41, 5.74) is 0. The fourth-order valence-electron chi connectivity index (χ4n) is 5.32. The Morgan fingerprint density at radius 2 is 0.939 bits per heavy atom. The van der Waals surface area contributed by atoms with Gasteiger partial charge in [-0.2, -0.15) is 0 Å². The first-order valence-corrected chi connectivity index (χ1v) is 12.4. The van der Waals surface area contributed by atoms with Crippen LogP contribution in [0.4, 0.5) is 0 Å². The number of ether oxygens (including phenoxy) is 4. The Morgan fingerprint density at radius 3 is 1.33 bits per heavy atom. The van der Waals surface area contributed by atoms with E-state index in [4.69, 9.17) is 18.9 Å². The third-order valence-corrected chi connectivity index (χ3v) is 7.54. The molecule has 3 fully saturated rings. The van der Waals surface area contributed by atoms with E-state index >= 15 is 0 Å². The summed E-state index contributed by atoms with van der Waals surface area (Å²) < 4.78 is 21.2. The van der Waals surface area contributed by atoms with Crippen molar-refractivity contribution in [1.82, 2.24) is 0 Å². The quantitative estimate of drug-likeness (QED) is 0.303. The van der Waals surface area contributed by atoms with Gasteiger partial charge in [0.2, 0.25) is 0 Å². The summed E-state index contributed by atoms with van der Waals surface area (Å²) in [6.45, 7) is 1.59. The molecule has 0 unspecified atom stereocenters. The van der Waals surface area contributed by atoms with Crippen LogP contribution in [-0.4, -0.2) is 49.8 Å². The number of ketones is 1. The van der Waals surface area contributed by atoms with E-state index in [0.717, 1.165) is 25.7 Å². The van der Waals surface area contributed by atoms with Crippen LogP contribution in [0.15, 0.2) is 0 Å². The third-order valence-electron chi connectivity index (χ3n) is 7.54. The van der Waals surface area contributed by atoms with Gasteiger partial charge in [0, 0.05) is 13.0 Å². The Balaban J connectivity index is 1.33. The number of carbonyl (C=O) groups is 4. The lowest BCUT2D eigenvalue weighted by Gasteiger charge is -2.32. The van der Waals surface area contributed by atoms with Crippen LogP contribution in [0.3, 0.4) is 0 Å². The Kier molecular flexibility index (Phi) is 9.71. The number of rotatable bonds is 8. The molecule has 3 rings (SSSR count). The molecule has 3 aliphatic carbocycles. The van der Waals surface area contributed by atoms with Crippen molar-refractivity contribution < 1.29 is 38.1 Å². The average Bonchev–Trinajstić information content (AvgIpc) is 2.83. The van der Waals surface area contributed by atoms with Crippen LogP contribution in [0.5, 0.6) is 0 Å². The van der Waals surface area contributed by atoms with Crippen LogP contribution in [0.25, 0.3) is 0 Å². The molecule has 33 heavy (non-hydrogen) atoms. The van der Waals surface area contributed by atoms with E-state index < -0.39 is 0 Å². The fraction of sp³-hybridized carbons (Fsp3) is 0.840. The van der Waals surface area contributed by atoms with Crippen LogP contribution in [0, 0.1) is 23.7 Å². The molecule has 0 aliphatic heterocycles. The van der Waals surface area contributed by atoms with E-state index in [1.165, 1.54) is 7.11 Å². The average molecular weight is 467 g/mol. The number of hydrogen-bond acceptors (Lipinski definition) is 8. The molecule has 0 aromatic carbocycles. The van der Waals surface area contributed by atoms with Gasteiger partial charge in [0.25, 0.3) is 0 Å². The van der Waals surface area contributed by atoms with Gasteiger partial charge in [-0.25, -0.2) is 0 Å². The molecule has 0 N–H and O–H groups in total. The molecular formula is C25H38O8. The lowest BCUT2D eigenvalue weighted by Crippen LogP contribution is -2.34. The molecule has 8 heteroatoms. The predicted octanol–water partition coefficient (Wildman–Crippen LogP) is 3.73. The Morgan fingerprint density at radius 1 is 0.576 bits per heavy atom. The Bertz CT molecular complexity index is 681. The van der Waals surface area contributed by atoms with Crippen molar-refractivity contribution in [2.24, 2.45) is 23.7 Å². The topological polar surface area (TPSA) is 105 Å². The number of Topliss-reactive ketones (excluding diaryl/α,β-unsaturated/α-hetero) is 1. The summed E-state index contributed by atoms with van der Waals surface area (Å²) in [5, 5.41) is 0. The van der Waals surface area contributed by atoms with Gasteiger partial charge in [-0.15, -0.1) is 0 Å². The molecular weight excluding hydrogens is 428 g/mol. The first kappa shape index (κ1) is 25.7. The standard InChI is InChI=1S/C25H38O8/c1-16(26)17-7-11-21(12-8-17)32-24(28)19-3-5-20(6-4-19)25(29)33-22-13-9-18(10-14-22)23(27)31-15-30-2/h17-22H,3-15H2,1-2H3. The largest absolute Gasteiger partial charge is 0.462 e. The first-order chi connectivity index (χ1) is 15.9. The van der Waals surface area contributed by atoms with E-state index in [2.05, 4.69) is 0 Å². The SMILES string of the molecule is COCOC(=O)C1CCC(OC(=O)C2CCC(C(=O)OC3CCC(C(C)=O)CC3)CC2)CC1. The zero-order chi connectivity index (χ0) is 23.8. The molecule has 186 valence electrons. The van der Waals surface area contributed by atoms with E-state index in [9.17, 15) is 19.2 Å². The summed E-state index contributed by atoms with van der Waals surface area (Å²) in [7, 11) is 1.47. The minimum atomic E-state index is -0.251. The highest BCUT2D eigenvalue weighted by Crippen LogP contribution is 2.34. The van der Waals surface area contributed by atoms with Crippen molar-refractivity contribution >= 4 is 23.7 Å². The fourth-order valence-corrected chi connectivity index (χ4v) is 5.32. The van der Waals surface area contributed by atoms with Gasteiger partial charge in [-0.3, -0.25) is 19.2 Å². The van der Waals surface area contributed by atoms with Crippen molar-refractivity contribution in [2.45, 2.75) is 96.2 Å². The summed E-state index contributed by atoms with van der Waals surface area (Å²) >= 11 is 0. The summed E-state index contributed by atoms with van der Waals surface area (Å²) in [5.74, 6) is -0.754. The van der Waals surface area contributed by atoms with Crippen molar-refractivity contribution in [3.05, 3.63) is 0 Å². The van der Waals surface area contributed by atoms with Crippen molar-refractivity contribution in [2.75, 3.05) is 13.9 Å². The molecule has 0 heterocycles. The number of carbonyl (C=O) groups excluding carboxylic acids is 4. The van der Waals surface area contributed by atoms with Gasteiger partial charge in [0.05, 0.1) is 17.8 Å². The van der Waals surface area contributed by atoms with Crippen LogP contribution >= 0.6 is 0 Å². The third kappa shape index (κ3) is 7.52. The molecule has 8 nitrogen and oxygen atoms in total. The van der Waals surface area contributed by atoms with E-state index in [1.807, 2.05) is 0 Å². The maximum Gasteiger partial charge on any atom is 0.311 e. The second kappa shape index (κ2) is 12.5. The maximum absolute atomic E-state index is 12.6. The molecule has 0 spiro atoms. The van der Waals surface area contributed by atoms with Crippen LogP contribution in [0.1, 0.15) is 84.0 Å². The van der Waals surface area contributed by atoms with Gasteiger partial charge in [0.15, 0.2) is 6.79 Å². The lowest BCUT2D eigenvalue weighted by atomic mass is 9.81. The second-order valence-electron chi connectivity index (χ2n) is 9.85. The minimum Gasteiger partial charge on any atom is -0.462 e. The number of methoxy groups -OCH3 is 1. The monoisotopic (exact) mass is 466 g/mol. The lowest BCUT2D eigenvalue weighted by molar-refractivity contribution is -0.165. The summed E-state index contributed by atoms with van der Waals surface area (Å²) in [6, 6.07) is 0. The minimum absolute atomic E-state index is 0.0368. The predicted molar refractivity (Wildman–Crippen MR) is 118 cm³/mol. The highest BCUT2D eigenvalue weighted by atomic mass is 16.7. The smallest absolute Gasteiger partial charge is 0.311 e. The van der Waals surface area contributed by atoms with Gasteiger partial charge in [0.1, 0.15) is 18.0 Å². The molecule has 0 aromatic heterocycles. The summed E-state index contributed by atoms with van der Waals surface area (Å²) in [6.07, 6.45) is 8.01. The molecule has 0 atom stereocenters. The Labute approximate surface area is 196 Å². The van der Waals surface area contributed by atoms with E-state index in [0.29, 0.717) is 51.4 Å². The normalized spacial score (nSPS) is 32.4. The van der Waals surface area contributed by atoms with Crippen molar-refractivity contribution in [1.29, 1.82) is 0 Å². The molecule has 0 aromatic rings. The van der Waals surface area contributed by atoms with E-state index in [-0.39, 0.29) is 66.4 Å². The second-order valence-corrected chi connectivity index (χ2v) is 9.85. The van der Waals surface area contributed by atoms with E-state index in [1.54, 1.807) is 6.92 Å². The van der Waals surface area contributed by atoms with Gasteiger partial charge >= 0.3 is 17.9 Å². The van der Waals surface area contributed by atoms with Gasteiger partial charge < -0.3 is 18.9 Å². The molecule has 3 aliphatic rings. The molecule has 0 radical (unpaired) electrons. The van der Waals surface area contributed by atoms with Crippen molar-refractivity contribution in [3.8, 4) is 0 Å². The number of esters is 3. The molecule has 0 bridgehead atoms. The molecule has 0 amide bonds. The highest BCUT2D eigenvalue weighted by molar-refractivity contribution is 5.78. The zero-order valence-electron chi connectivity index (χ0n) is 19.9. The van der Waals surface area contributed by atoms with Crippen LogP contribution < -0.4 is 0 Å². The zero-order valence-corrected chi connectivity index (χ0v) is 19.9. The highest BCUT2D eigenvalue weighted by Gasteiger charge is 2.35. The van der Waals surface area contributed by atoms with Crippen molar-refractivity contribution in [3.63, 3.8) is 0 Å².